The highest BCUT2D eigenvalue weighted by Crippen LogP contribution is 2.28. The first-order valence-electron chi connectivity index (χ1n) is 9.28. The highest BCUT2D eigenvalue weighted by molar-refractivity contribution is 7.14. The molecule has 9 nitrogen and oxygen atoms in total. The first-order valence-corrected chi connectivity index (χ1v) is 10.2. The molecule has 2 amide bonds. The number of hydrogen-bond donors (Lipinski definition) is 3. The van der Waals surface area contributed by atoms with Gasteiger partial charge in [0.2, 0.25) is 17.7 Å². The van der Waals surface area contributed by atoms with Gasteiger partial charge in [0, 0.05) is 34.7 Å². The van der Waals surface area contributed by atoms with Gasteiger partial charge in [-0.25, -0.2) is 4.98 Å². The minimum atomic E-state index is -0.375. The number of benzene rings is 2. The average Bonchev–Trinajstić information content (AvgIpc) is 3.42. The fourth-order valence-corrected chi connectivity index (χ4v) is 3.48. The Labute approximate surface area is 181 Å². The van der Waals surface area contributed by atoms with Crippen molar-refractivity contribution in [3.8, 4) is 22.7 Å². The number of anilines is 2. The molecule has 0 fully saturated rings. The predicted molar refractivity (Wildman–Crippen MR) is 117 cm³/mol. The van der Waals surface area contributed by atoms with Crippen LogP contribution >= 0.6 is 11.3 Å². The topological polar surface area (TPSA) is 136 Å². The number of aryl methyl sites for hydroxylation is 1. The summed E-state index contributed by atoms with van der Waals surface area (Å²) in [6, 6.07) is 14.0. The van der Waals surface area contributed by atoms with E-state index >= 15 is 0 Å². The second kappa shape index (κ2) is 8.76. The van der Waals surface area contributed by atoms with E-state index < -0.39 is 0 Å². The fraction of sp³-hybridized carbons (Fsp3) is 0.0952. The van der Waals surface area contributed by atoms with Crippen LogP contribution in [0.5, 0.6) is 0 Å². The van der Waals surface area contributed by atoms with Crippen molar-refractivity contribution in [2.75, 3.05) is 17.6 Å². The van der Waals surface area contributed by atoms with E-state index in [1.54, 1.807) is 31.2 Å². The molecule has 0 spiro atoms. The summed E-state index contributed by atoms with van der Waals surface area (Å²) in [5.74, 6) is 0.185. The number of hydrogen-bond acceptors (Lipinski definition) is 8. The van der Waals surface area contributed by atoms with Crippen LogP contribution in [-0.4, -0.2) is 33.5 Å². The molecular formula is C21H18N6O3S. The summed E-state index contributed by atoms with van der Waals surface area (Å²) in [6.45, 7) is 1.55. The van der Waals surface area contributed by atoms with Crippen molar-refractivity contribution in [2.45, 2.75) is 6.92 Å². The molecule has 0 bridgehead atoms. The molecule has 0 saturated heterocycles. The van der Waals surface area contributed by atoms with Crippen LogP contribution in [0.15, 0.2) is 58.3 Å². The van der Waals surface area contributed by atoms with Gasteiger partial charge >= 0.3 is 0 Å². The van der Waals surface area contributed by atoms with E-state index in [0.29, 0.717) is 33.9 Å². The third-order valence-corrected chi connectivity index (χ3v) is 5.02. The third kappa shape index (κ3) is 4.93. The van der Waals surface area contributed by atoms with E-state index in [9.17, 15) is 9.59 Å². The van der Waals surface area contributed by atoms with Crippen molar-refractivity contribution in [3.63, 3.8) is 0 Å². The number of nitrogen functional groups attached to an aromatic ring is 1. The SMILES string of the molecule is Cc1nnc(-c2cccc(-c3csc(NC(=O)CNC(=O)c4ccc(N)cc4)n3)c2)o1. The van der Waals surface area contributed by atoms with Crippen molar-refractivity contribution < 1.29 is 14.0 Å². The molecule has 0 aliphatic heterocycles. The van der Waals surface area contributed by atoms with Crippen LogP contribution in [0.1, 0.15) is 16.2 Å². The summed E-state index contributed by atoms with van der Waals surface area (Å²) < 4.78 is 5.46. The largest absolute Gasteiger partial charge is 0.421 e. The van der Waals surface area contributed by atoms with E-state index in [0.717, 1.165) is 11.1 Å². The number of nitrogens with two attached hydrogens (primary N) is 1. The normalized spacial score (nSPS) is 10.6. The van der Waals surface area contributed by atoms with Crippen LogP contribution in [0.25, 0.3) is 22.7 Å². The Bertz CT molecular complexity index is 1230. The number of rotatable bonds is 6. The quantitative estimate of drug-likeness (QED) is 0.397. The maximum absolute atomic E-state index is 12.2. The van der Waals surface area contributed by atoms with Crippen LogP contribution in [0.4, 0.5) is 10.8 Å². The first-order chi connectivity index (χ1) is 15.0. The number of amides is 2. The molecular weight excluding hydrogens is 416 g/mol. The molecule has 10 heteroatoms. The minimum Gasteiger partial charge on any atom is -0.421 e. The number of nitrogens with one attached hydrogen (secondary N) is 2. The number of carbonyl (C=O) groups is 2. The van der Waals surface area contributed by atoms with Gasteiger partial charge in [-0.2, -0.15) is 0 Å². The van der Waals surface area contributed by atoms with E-state index in [1.807, 2.05) is 29.6 Å². The van der Waals surface area contributed by atoms with Crippen LogP contribution < -0.4 is 16.4 Å². The molecule has 0 unspecified atom stereocenters. The fourth-order valence-electron chi connectivity index (χ4n) is 2.75. The summed E-state index contributed by atoms with van der Waals surface area (Å²) >= 11 is 1.29. The molecule has 4 N–H and O–H groups in total. The maximum atomic E-state index is 12.2. The van der Waals surface area contributed by atoms with Crippen molar-refractivity contribution >= 4 is 34.0 Å². The Morgan fingerprint density at radius 2 is 1.87 bits per heavy atom. The molecule has 31 heavy (non-hydrogen) atoms. The van der Waals surface area contributed by atoms with Crippen molar-refractivity contribution in [2.24, 2.45) is 0 Å². The Hall–Kier alpha value is -4.05. The van der Waals surface area contributed by atoms with E-state index in [2.05, 4.69) is 25.8 Å². The predicted octanol–water partition coefficient (Wildman–Crippen LogP) is 3.12. The van der Waals surface area contributed by atoms with Gasteiger partial charge in [0.15, 0.2) is 5.13 Å². The average molecular weight is 434 g/mol. The summed E-state index contributed by atoms with van der Waals surface area (Å²) in [4.78, 5) is 28.7. The Balaban J connectivity index is 1.37. The molecule has 0 saturated carbocycles. The number of nitrogens with zero attached hydrogens (tertiary/aromatic N) is 3. The zero-order valence-corrected chi connectivity index (χ0v) is 17.3. The standard InChI is InChI=1S/C21H18N6O3S/c1-12-26-27-20(30-12)15-4-2-3-14(9-15)17-11-31-21(24-17)25-18(28)10-23-19(29)13-5-7-16(22)8-6-13/h2-9,11H,10,22H2,1H3,(H,23,29)(H,24,25,28). The monoisotopic (exact) mass is 434 g/mol. The van der Waals surface area contributed by atoms with Gasteiger partial charge in [-0.15, -0.1) is 21.5 Å². The van der Waals surface area contributed by atoms with Crippen molar-refractivity contribution in [3.05, 3.63) is 65.4 Å². The Morgan fingerprint density at radius 1 is 1.10 bits per heavy atom. The van der Waals surface area contributed by atoms with Crippen molar-refractivity contribution in [1.29, 1.82) is 0 Å². The summed E-state index contributed by atoms with van der Waals surface area (Å²) in [5, 5.41) is 15.4. The van der Waals surface area contributed by atoms with Crippen molar-refractivity contribution in [1.82, 2.24) is 20.5 Å². The smallest absolute Gasteiger partial charge is 0.251 e. The molecule has 0 aliphatic carbocycles. The van der Waals surface area contributed by atoms with Gasteiger partial charge in [-0.05, 0) is 36.4 Å². The van der Waals surface area contributed by atoms with Crippen LogP contribution in [-0.2, 0) is 4.79 Å². The lowest BCUT2D eigenvalue weighted by molar-refractivity contribution is -0.115. The second-order valence-corrected chi connectivity index (χ2v) is 7.46. The Kier molecular flexibility index (Phi) is 5.72. The van der Waals surface area contributed by atoms with Gasteiger partial charge < -0.3 is 20.8 Å². The molecule has 156 valence electrons. The summed E-state index contributed by atoms with van der Waals surface area (Å²) in [6.07, 6.45) is 0. The van der Waals surface area contributed by atoms with E-state index in [4.69, 9.17) is 10.2 Å². The molecule has 2 aromatic carbocycles. The van der Waals surface area contributed by atoms with Crippen LogP contribution in [0.2, 0.25) is 0 Å². The Morgan fingerprint density at radius 3 is 2.61 bits per heavy atom. The van der Waals surface area contributed by atoms with Crippen LogP contribution in [0, 0.1) is 6.92 Å². The van der Waals surface area contributed by atoms with E-state index in [1.165, 1.54) is 11.3 Å². The second-order valence-electron chi connectivity index (χ2n) is 6.60. The lowest BCUT2D eigenvalue weighted by Gasteiger charge is -2.05. The lowest BCUT2D eigenvalue weighted by Crippen LogP contribution is -2.32. The molecule has 2 aromatic heterocycles. The maximum Gasteiger partial charge on any atom is 0.251 e. The number of aromatic nitrogens is 3. The summed E-state index contributed by atoms with van der Waals surface area (Å²) in [5.41, 5.74) is 8.92. The number of carbonyl (C=O) groups excluding carboxylic acids is 2. The number of thiazole rings is 1. The molecule has 0 atom stereocenters. The highest BCUT2D eigenvalue weighted by atomic mass is 32.1. The highest BCUT2D eigenvalue weighted by Gasteiger charge is 2.12. The summed E-state index contributed by atoms with van der Waals surface area (Å²) in [7, 11) is 0. The third-order valence-electron chi connectivity index (χ3n) is 4.26. The zero-order valence-electron chi connectivity index (χ0n) is 16.5. The zero-order chi connectivity index (χ0) is 21.8. The lowest BCUT2D eigenvalue weighted by atomic mass is 10.1. The van der Waals surface area contributed by atoms with E-state index in [-0.39, 0.29) is 18.4 Å². The molecule has 0 aliphatic rings. The molecule has 2 heterocycles. The van der Waals surface area contributed by atoms with Gasteiger partial charge in [0.25, 0.3) is 5.91 Å². The molecule has 4 rings (SSSR count). The molecule has 4 aromatic rings. The van der Waals surface area contributed by atoms with Crippen LogP contribution in [0.3, 0.4) is 0 Å². The minimum absolute atomic E-state index is 0.176. The first kappa shape index (κ1) is 20.2. The van der Waals surface area contributed by atoms with Gasteiger partial charge in [0.05, 0.1) is 12.2 Å². The van der Waals surface area contributed by atoms with Gasteiger partial charge in [0.1, 0.15) is 0 Å². The van der Waals surface area contributed by atoms with Gasteiger partial charge in [-0.1, -0.05) is 12.1 Å². The van der Waals surface area contributed by atoms with Gasteiger partial charge in [-0.3, -0.25) is 9.59 Å². The molecule has 0 radical (unpaired) electrons.